The van der Waals surface area contributed by atoms with Crippen LogP contribution in [0.25, 0.3) is 0 Å². The number of carbonyl (C=O) groups is 2. The second-order valence-corrected chi connectivity index (χ2v) is 7.71. The number of likely N-dealkylation sites (tertiary alicyclic amines) is 1. The van der Waals surface area contributed by atoms with Gasteiger partial charge in [-0.3, -0.25) is 9.69 Å². The Kier molecular flexibility index (Phi) is 4.19. The molecule has 0 aromatic carbocycles. The van der Waals surface area contributed by atoms with Crippen LogP contribution in [0.1, 0.15) is 33.1 Å². The van der Waals surface area contributed by atoms with Crippen LogP contribution in [0.4, 0.5) is 4.79 Å². The van der Waals surface area contributed by atoms with Gasteiger partial charge in [-0.25, -0.2) is 4.79 Å². The minimum atomic E-state index is -0.141. The van der Waals surface area contributed by atoms with Crippen LogP contribution in [0.15, 0.2) is 0 Å². The summed E-state index contributed by atoms with van der Waals surface area (Å²) >= 11 is 0. The maximum atomic E-state index is 12.1. The molecule has 5 fully saturated rings. The van der Waals surface area contributed by atoms with Crippen molar-refractivity contribution in [1.29, 1.82) is 0 Å². The van der Waals surface area contributed by atoms with Crippen molar-refractivity contribution in [3.05, 3.63) is 0 Å². The van der Waals surface area contributed by atoms with E-state index in [1.807, 2.05) is 18.7 Å². The Morgan fingerprint density at radius 2 is 1.71 bits per heavy atom. The van der Waals surface area contributed by atoms with Crippen molar-refractivity contribution in [3.8, 4) is 0 Å². The lowest BCUT2D eigenvalue weighted by Gasteiger charge is -2.51. The molecule has 0 N–H and O–H groups in total. The third-order valence-electron chi connectivity index (χ3n) is 6.55. The minimum absolute atomic E-state index is 0.00537. The highest BCUT2D eigenvalue weighted by molar-refractivity contribution is 5.77. The van der Waals surface area contributed by atoms with Gasteiger partial charge in [0.05, 0.1) is 19.1 Å². The molecule has 0 aromatic rings. The predicted octanol–water partition coefficient (Wildman–Crippen LogP) is 1.74. The van der Waals surface area contributed by atoms with Crippen LogP contribution in [-0.4, -0.2) is 66.8 Å². The Hall–Kier alpha value is -1.30. The van der Waals surface area contributed by atoms with E-state index < -0.39 is 0 Å². The van der Waals surface area contributed by atoms with Crippen LogP contribution in [0.5, 0.6) is 0 Å². The topological polar surface area (TPSA) is 59.1 Å². The van der Waals surface area contributed by atoms with Crippen LogP contribution >= 0.6 is 0 Å². The summed E-state index contributed by atoms with van der Waals surface area (Å²) in [5.41, 5.74) is 0. The molecule has 3 heterocycles. The van der Waals surface area contributed by atoms with E-state index in [4.69, 9.17) is 9.47 Å². The van der Waals surface area contributed by atoms with Crippen molar-refractivity contribution in [3.63, 3.8) is 0 Å². The van der Waals surface area contributed by atoms with Gasteiger partial charge in [0.2, 0.25) is 0 Å². The van der Waals surface area contributed by atoms with Crippen LogP contribution in [0, 0.1) is 23.7 Å². The summed E-state index contributed by atoms with van der Waals surface area (Å²) < 4.78 is 10.4. The van der Waals surface area contributed by atoms with Gasteiger partial charge < -0.3 is 14.4 Å². The molecule has 0 spiro atoms. The summed E-state index contributed by atoms with van der Waals surface area (Å²) in [4.78, 5) is 28.5. The van der Waals surface area contributed by atoms with Crippen molar-refractivity contribution in [2.24, 2.45) is 23.7 Å². The van der Waals surface area contributed by atoms with Gasteiger partial charge in [0.25, 0.3) is 0 Å². The van der Waals surface area contributed by atoms with Gasteiger partial charge in [0.15, 0.2) is 0 Å². The average molecular weight is 336 g/mol. The van der Waals surface area contributed by atoms with Gasteiger partial charge in [-0.1, -0.05) is 0 Å². The van der Waals surface area contributed by atoms with E-state index in [-0.39, 0.29) is 18.0 Å². The monoisotopic (exact) mass is 336 g/mol. The molecule has 6 atom stereocenters. The molecule has 0 aromatic heterocycles. The molecule has 6 nitrogen and oxygen atoms in total. The van der Waals surface area contributed by atoms with Crippen LogP contribution in [0.2, 0.25) is 0 Å². The number of esters is 1. The number of carbonyl (C=O) groups excluding carboxylic acids is 2. The normalized spacial score (nSPS) is 40.3. The van der Waals surface area contributed by atoms with Gasteiger partial charge in [0.1, 0.15) is 0 Å². The first kappa shape index (κ1) is 16.2. The maximum absolute atomic E-state index is 12.1. The van der Waals surface area contributed by atoms with Crippen molar-refractivity contribution in [2.75, 3.05) is 32.8 Å². The number of hydrogen-bond acceptors (Lipinski definition) is 5. The molecule has 3 unspecified atom stereocenters. The van der Waals surface area contributed by atoms with E-state index in [1.54, 1.807) is 0 Å². The Morgan fingerprint density at radius 1 is 1.00 bits per heavy atom. The molecular formula is C18H28N2O4. The zero-order valence-corrected chi connectivity index (χ0v) is 14.6. The van der Waals surface area contributed by atoms with E-state index >= 15 is 0 Å². The number of nitrogens with zero attached hydrogens (tertiary/aromatic N) is 2. The van der Waals surface area contributed by atoms with Gasteiger partial charge in [0, 0.05) is 31.7 Å². The molecule has 3 aliphatic heterocycles. The first-order chi connectivity index (χ1) is 11.6. The lowest BCUT2D eigenvalue weighted by Crippen LogP contribution is -2.60. The summed E-state index contributed by atoms with van der Waals surface area (Å²) in [7, 11) is 0. The van der Waals surface area contributed by atoms with Crippen molar-refractivity contribution in [1.82, 2.24) is 9.80 Å². The Morgan fingerprint density at radius 3 is 2.29 bits per heavy atom. The lowest BCUT2D eigenvalue weighted by molar-refractivity contribution is -0.146. The van der Waals surface area contributed by atoms with Crippen LogP contribution in [-0.2, 0) is 14.3 Å². The summed E-state index contributed by atoms with van der Waals surface area (Å²) in [5, 5.41) is 0. The smallest absolute Gasteiger partial charge is 0.410 e. The molecular weight excluding hydrogens is 308 g/mol. The zero-order valence-electron chi connectivity index (χ0n) is 14.6. The van der Waals surface area contributed by atoms with E-state index in [1.165, 1.54) is 6.42 Å². The molecule has 2 aliphatic carbocycles. The second kappa shape index (κ2) is 6.21. The number of ether oxygens (including phenoxy) is 2. The quantitative estimate of drug-likeness (QED) is 0.732. The molecule has 0 radical (unpaired) electrons. The lowest BCUT2D eigenvalue weighted by atomic mass is 9.75. The highest BCUT2D eigenvalue weighted by atomic mass is 16.6. The van der Waals surface area contributed by atoms with Gasteiger partial charge in [-0.2, -0.15) is 0 Å². The van der Waals surface area contributed by atoms with Gasteiger partial charge in [-0.15, -0.1) is 0 Å². The second-order valence-electron chi connectivity index (χ2n) is 7.71. The molecule has 5 aliphatic rings. The largest absolute Gasteiger partial charge is 0.466 e. The number of fused-ring (bicyclic) bond motifs is 4. The summed E-state index contributed by atoms with van der Waals surface area (Å²) in [5.74, 6) is 1.72. The first-order valence-electron chi connectivity index (χ1n) is 9.48. The summed E-state index contributed by atoms with van der Waals surface area (Å²) in [6, 6.07) is 0.905. The van der Waals surface area contributed by atoms with Crippen LogP contribution < -0.4 is 0 Å². The van der Waals surface area contributed by atoms with Crippen molar-refractivity contribution >= 4 is 12.1 Å². The maximum Gasteiger partial charge on any atom is 0.410 e. The number of hydrogen-bond donors (Lipinski definition) is 0. The van der Waals surface area contributed by atoms with Crippen LogP contribution in [0.3, 0.4) is 0 Å². The van der Waals surface area contributed by atoms with Gasteiger partial charge in [-0.05, 0) is 50.9 Å². The fraction of sp³-hybridized carbons (Fsp3) is 0.889. The van der Waals surface area contributed by atoms with E-state index in [2.05, 4.69) is 4.90 Å². The van der Waals surface area contributed by atoms with Crippen molar-refractivity contribution < 1.29 is 19.1 Å². The fourth-order valence-corrected chi connectivity index (χ4v) is 5.38. The minimum Gasteiger partial charge on any atom is -0.466 e. The molecule has 5 rings (SSSR count). The first-order valence-corrected chi connectivity index (χ1v) is 9.48. The third-order valence-corrected chi connectivity index (χ3v) is 6.55. The molecule has 2 saturated carbocycles. The fourth-order valence-electron chi connectivity index (χ4n) is 5.38. The molecule has 3 saturated heterocycles. The summed E-state index contributed by atoms with van der Waals surface area (Å²) in [6.45, 7) is 7.55. The van der Waals surface area contributed by atoms with E-state index in [0.717, 1.165) is 32.5 Å². The van der Waals surface area contributed by atoms with Gasteiger partial charge >= 0.3 is 12.1 Å². The summed E-state index contributed by atoms with van der Waals surface area (Å²) in [6.07, 6.45) is 3.23. The van der Waals surface area contributed by atoms with Crippen molar-refractivity contribution in [2.45, 2.75) is 45.2 Å². The highest BCUT2D eigenvalue weighted by Gasteiger charge is 2.62. The predicted molar refractivity (Wildman–Crippen MR) is 87.3 cm³/mol. The Labute approximate surface area is 143 Å². The molecule has 6 heteroatoms. The Bertz CT molecular complexity index is 513. The third kappa shape index (κ3) is 2.59. The molecule has 1 amide bonds. The standard InChI is InChI=1S/C18H28N2O4/c1-3-23-17(21)16-13-9-19(10-14(13)16)15-7-12-6-5-11(15)8-20(12)18(22)24-4-2/h11-16H,3-10H2,1-2H3/t11?,12?,13-,14+,15?,16+. The average Bonchev–Trinajstić information content (AvgIpc) is 3.10. The number of amides is 1. The molecule has 134 valence electrons. The molecule has 2 bridgehead atoms. The Balaban J connectivity index is 1.33. The SMILES string of the molecule is CCOC(=O)[C@H]1[C@@H]2CN(C3CC4CCC3CN4C(=O)OCC)C[C@@H]21. The molecule has 24 heavy (non-hydrogen) atoms. The number of rotatable bonds is 4. The highest BCUT2D eigenvalue weighted by Crippen LogP contribution is 2.54. The number of piperidine rings is 3. The van der Waals surface area contributed by atoms with E-state index in [9.17, 15) is 9.59 Å². The van der Waals surface area contributed by atoms with E-state index in [0.29, 0.717) is 43.1 Å². The zero-order chi connectivity index (χ0) is 16.8.